The van der Waals surface area contributed by atoms with Gasteiger partial charge in [0, 0.05) is 32.0 Å². The second kappa shape index (κ2) is 8.73. The molecular formula is C25H19N3O3S2. The number of carbonyl (C=O) groups excluding carboxylic acids is 2. The molecule has 1 aromatic heterocycles. The van der Waals surface area contributed by atoms with Crippen molar-refractivity contribution in [3.63, 3.8) is 0 Å². The number of carbonyl (C=O) groups is 2. The van der Waals surface area contributed by atoms with Gasteiger partial charge in [0.25, 0.3) is 11.8 Å². The van der Waals surface area contributed by atoms with Crippen LogP contribution in [-0.4, -0.2) is 21.9 Å². The molecule has 0 saturated heterocycles. The number of fused-ring (bicyclic) bond motifs is 2. The van der Waals surface area contributed by atoms with E-state index in [2.05, 4.69) is 15.6 Å². The molecule has 2 heterocycles. The minimum Gasteiger partial charge on any atom is -0.508 e. The Labute approximate surface area is 198 Å². The zero-order valence-corrected chi connectivity index (χ0v) is 19.2. The molecule has 4 aromatic rings. The molecule has 0 atom stereocenters. The van der Waals surface area contributed by atoms with Gasteiger partial charge in [-0.2, -0.15) is 0 Å². The lowest BCUT2D eigenvalue weighted by Crippen LogP contribution is -2.24. The van der Waals surface area contributed by atoms with Gasteiger partial charge in [0.1, 0.15) is 10.8 Å². The highest BCUT2D eigenvalue weighted by Gasteiger charge is 2.23. The third-order valence-electron chi connectivity index (χ3n) is 5.35. The van der Waals surface area contributed by atoms with Gasteiger partial charge in [-0.05, 0) is 61.0 Å². The average Bonchev–Trinajstić information content (AvgIpc) is 3.24. The van der Waals surface area contributed by atoms with Gasteiger partial charge in [0.05, 0.1) is 17.8 Å². The highest BCUT2D eigenvalue weighted by molar-refractivity contribution is 7.99. The van der Waals surface area contributed by atoms with Crippen LogP contribution in [0.15, 0.2) is 76.7 Å². The third kappa shape index (κ3) is 4.22. The normalized spacial score (nSPS) is 12.3. The topological polar surface area (TPSA) is 91.3 Å². The molecule has 6 nitrogen and oxygen atoms in total. The van der Waals surface area contributed by atoms with Crippen LogP contribution in [0.2, 0.25) is 0 Å². The predicted octanol–water partition coefficient (Wildman–Crippen LogP) is 5.47. The van der Waals surface area contributed by atoms with Gasteiger partial charge in [-0.3, -0.25) is 9.59 Å². The number of hydrogen-bond acceptors (Lipinski definition) is 6. The molecule has 0 bridgehead atoms. The van der Waals surface area contributed by atoms with Gasteiger partial charge >= 0.3 is 0 Å². The van der Waals surface area contributed by atoms with Crippen LogP contribution in [0, 0.1) is 6.92 Å². The van der Waals surface area contributed by atoms with Gasteiger partial charge in [0.2, 0.25) is 0 Å². The van der Waals surface area contributed by atoms with Crippen LogP contribution in [0.5, 0.6) is 5.75 Å². The summed E-state index contributed by atoms with van der Waals surface area (Å²) < 4.78 is 0. The van der Waals surface area contributed by atoms with E-state index < -0.39 is 0 Å². The molecular weight excluding hydrogens is 454 g/mol. The molecule has 33 heavy (non-hydrogen) atoms. The van der Waals surface area contributed by atoms with Crippen LogP contribution in [0.25, 0.3) is 10.6 Å². The number of aromatic hydroxyl groups is 1. The molecule has 0 saturated carbocycles. The van der Waals surface area contributed by atoms with Crippen molar-refractivity contribution in [1.29, 1.82) is 0 Å². The van der Waals surface area contributed by atoms with Gasteiger partial charge in [-0.1, -0.05) is 23.9 Å². The van der Waals surface area contributed by atoms with Gasteiger partial charge < -0.3 is 15.7 Å². The maximum atomic E-state index is 13.0. The zero-order chi connectivity index (χ0) is 22.9. The van der Waals surface area contributed by atoms with Gasteiger partial charge in [-0.15, -0.1) is 11.3 Å². The summed E-state index contributed by atoms with van der Waals surface area (Å²) in [5.41, 5.74) is 3.45. The molecule has 2 amide bonds. The summed E-state index contributed by atoms with van der Waals surface area (Å²) >= 11 is 3.00. The van der Waals surface area contributed by atoms with Crippen LogP contribution >= 0.6 is 23.1 Å². The summed E-state index contributed by atoms with van der Waals surface area (Å²) in [5.74, 6) is -0.183. The molecule has 1 aliphatic rings. The van der Waals surface area contributed by atoms with E-state index >= 15 is 0 Å². The number of phenolic OH excluding ortho intramolecular Hbond substituents is 1. The van der Waals surface area contributed by atoms with E-state index in [1.165, 1.54) is 23.1 Å². The average molecular weight is 474 g/mol. The summed E-state index contributed by atoms with van der Waals surface area (Å²) in [6, 6.07) is 18.0. The van der Waals surface area contributed by atoms with Gasteiger partial charge in [0.15, 0.2) is 0 Å². The molecule has 5 rings (SSSR count). The first-order valence-corrected chi connectivity index (χ1v) is 11.9. The van der Waals surface area contributed by atoms with Crippen LogP contribution in [0.3, 0.4) is 0 Å². The van der Waals surface area contributed by atoms with Crippen molar-refractivity contribution in [2.24, 2.45) is 0 Å². The van der Waals surface area contributed by atoms with Crippen molar-refractivity contribution in [3.05, 3.63) is 88.4 Å². The summed E-state index contributed by atoms with van der Waals surface area (Å²) in [6.07, 6.45) is 1.74. The maximum absolute atomic E-state index is 13.0. The van der Waals surface area contributed by atoms with E-state index in [1.807, 2.05) is 31.2 Å². The Bertz CT molecular complexity index is 1380. The first-order chi connectivity index (χ1) is 16.0. The van der Waals surface area contributed by atoms with Gasteiger partial charge in [-0.25, -0.2) is 4.98 Å². The maximum Gasteiger partial charge on any atom is 0.256 e. The lowest BCUT2D eigenvalue weighted by atomic mass is 10.1. The first-order valence-electron chi connectivity index (χ1n) is 10.2. The number of anilines is 1. The Kier molecular flexibility index (Phi) is 5.62. The molecule has 0 unspecified atom stereocenters. The number of phenols is 1. The SMILES string of the molecule is Cc1c(C(=O)NCc2cnc(-c3ccc(O)cc3)s2)ccc2c1NC(=O)c1ccccc1S2. The monoisotopic (exact) mass is 473 g/mol. The largest absolute Gasteiger partial charge is 0.508 e. The Hall–Kier alpha value is -3.62. The molecule has 8 heteroatoms. The first kappa shape index (κ1) is 21.2. The fourth-order valence-corrected chi connectivity index (χ4v) is 5.56. The third-order valence-corrected chi connectivity index (χ3v) is 7.53. The lowest BCUT2D eigenvalue weighted by molar-refractivity contribution is 0.0949. The smallest absolute Gasteiger partial charge is 0.256 e. The summed E-state index contributed by atoms with van der Waals surface area (Å²) in [7, 11) is 0. The summed E-state index contributed by atoms with van der Waals surface area (Å²) in [6.45, 7) is 2.19. The standard InChI is InChI=1S/C25H19N3O3S2/c1-14-18(10-11-21-22(14)28-24(31)19-4-2-3-5-20(19)33-21)23(30)26-12-17-13-27-25(32-17)15-6-8-16(29)9-7-15/h2-11,13,29H,12H2,1H3,(H,26,30)(H,28,31). The Morgan fingerprint density at radius 2 is 1.85 bits per heavy atom. The number of aromatic nitrogens is 1. The summed E-state index contributed by atoms with van der Waals surface area (Å²) in [4.78, 5) is 32.8. The van der Waals surface area contributed by atoms with Crippen LogP contribution in [-0.2, 0) is 6.54 Å². The van der Waals surface area contributed by atoms with Crippen molar-refractivity contribution in [1.82, 2.24) is 10.3 Å². The number of benzene rings is 3. The van der Waals surface area contributed by atoms with Crippen molar-refractivity contribution in [2.75, 3.05) is 5.32 Å². The van der Waals surface area contributed by atoms with E-state index in [0.717, 1.165) is 30.8 Å². The Balaban J connectivity index is 1.33. The van der Waals surface area contributed by atoms with E-state index in [0.29, 0.717) is 23.4 Å². The molecule has 0 radical (unpaired) electrons. The molecule has 164 valence electrons. The van der Waals surface area contributed by atoms with Crippen molar-refractivity contribution in [2.45, 2.75) is 23.3 Å². The number of nitrogens with zero attached hydrogens (tertiary/aromatic N) is 1. The molecule has 0 aliphatic carbocycles. The van der Waals surface area contributed by atoms with Crippen LogP contribution < -0.4 is 10.6 Å². The van der Waals surface area contributed by atoms with E-state index in [9.17, 15) is 14.7 Å². The number of amides is 2. The second-order valence-corrected chi connectivity index (χ2v) is 9.72. The molecule has 1 aliphatic heterocycles. The number of nitrogens with one attached hydrogen (secondary N) is 2. The minimum absolute atomic E-state index is 0.177. The molecule has 3 N–H and O–H groups in total. The second-order valence-electron chi connectivity index (χ2n) is 7.52. The highest BCUT2D eigenvalue weighted by atomic mass is 32.2. The lowest BCUT2D eigenvalue weighted by Gasteiger charge is -2.14. The summed E-state index contributed by atoms with van der Waals surface area (Å²) in [5, 5.41) is 16.2. The number of rotatable bonds is 4. The predicted molar refractivity (Wildman–Crippen MR) is 130 cm³/mol. The fraction of sp³-hybridized carbons (Fsp3) is 0.0800. The number of hydrogen-bond donors (Lipinski definition) is 3. The quantitative estimate of drug-likeness (QED) is 0.366. The van der Waals surface area contributed by atoms with E-state index in [1.54, 1.807) is 42.6 Å². The minimum atomic E-state index is -0.212. The van der Waals surface area contributed by atoms with Crippen LogP contribution in [0.4, 0.5) is 5.69 Å². The molecule has 0 spiro atoms. The Morgan fingerprint density at radius 3 is 2.67 bits per heavy atom. The van der Waals surface area contributed by atoms with Crippen molar-refractivity contribution < 1.29 is 14.7 Å². The number of thiazole rings is 1. The van der Waals surface area contributed by atoms with Crippen molar-refractivity contribution >= 4 is 40.6 Å². The molecule has 0 fully saturated rings. The van der Waals surface area contributed by atoms with E-state index in [4.69, 9.17) is 0 Å². The Morgan fingerprint density at radius 1 is 1.06 bits per heavy atom. The fourth-order valence-electron chi connectivity index (χ4n) is 3.61. The highest BCUT2D eigenvalue weighted by Crippen LogP contribution is 2.41. The van der Waals surface area contributed by atoms with Crippen molar-refractivity contribution in [3.8, 4) is 16.3 Å². The van der Waals surface area contributed by atoms with Crippen LogP contribution in [0.1, 0.15) is 31.2 Å². The zero-order valence-electron chi connectivity index (χ0n) is 17.6. The molecule has 3 aromatic carbocycles. The van der Waals surface area contributed by atoms with E-state index in [-0.39, 0.29) is 17.6 Å².